The predicted molar refractivity (Wildman–Crippen MR) is 91.2 cm³/mol. The number of hydrogen-bond donors (Lipinski definition) is 1. The number of carbonyl (C=O) groups is 1. The van der Waals surface area contributed by atoms with E-state index in [1.807, 2.05) is 18.2 Å². The van der Waals surface area contributed by atoms with Crippen LogP contribution in [0.5, 0.6) is 0 Å². The van der Waals surface area contributed by atoms with E-state index in [-0.39, 0.29) is 5.56 Å². The largest absolute Gasteiger partial charge is 0.478 e. The third-order valence-corrected chi connectivity index (χ3v) is 4.98. The van der Waals surface area contributed by atoms with E-state index in [0.717, 1.165) is 37.3 Å². The minimum absolute atomic E-state index is 0.263. The highest BCUT2D eigenvalue weighted by Gasteiger charge is 2.29. The maximum absolute atomic E-state index is 11.5. The molecular formula is C18H20N2O2S. The van der Waals surface area contributed by atoms with Crippen molar-refractivity contribution in [2.24, 2.45) is 0 Å². The zero-order valence-electron chi connectivity index (χ0n) is 13.2. The summed E-state index contributed by atoms with van der Waals surface area (Å²) in [5.74, 6) is 1.17. The number of benzene rings is 1. The lowest BCUT2D eigenvalue weighted by Gasteiger charge is -2.10. The van der Waals surface area contributed by atoms with Gasteiger partial charge in [-0.1, -0.05) is 30.3 Å². The minimum atomic E-state index is -0.935. The van der Waals surface area contributed by atoms with Gasteiger partial charge in [0.2, 0.25) is 0 Å². The SMILES string of the molecule is Cc1nc(C2CC2)nc(SCCCc2ccccc2)c1C(=O)O. The first kappa shape index (κ1) is 16.0. The Bertz CT molecular complexity index is 700. The molecule has 23 heavy (non-hydrogen) atoms. The van der Waals surface area contributed by atoms with Crippen LogP contribution < -0.4 is 0 Å². The standard InChI is InChI=1S/C18H20N2O2S/c1-12-15(18(21)22)17(20-16(19-12)14-9-10-14)23-11-5-8-13-6-3-2-4-7-13/h2-4,6-7,14H,5,8-11H2,1H3,(H,21,22). The highest BCUT2D eigenvalue weighted by Crippen LogP contribution is 2.39. The van der Waals surface area contributed by atoms with Crippen molar-refractivity contribution in [2.45, 2.75) is 43.6 Å². The Morgan fingerprint density at radius 3 is 2.65 bits per heavy atom. The first-order chi connectivity index (χ1) is 11.1. The van der Waals surface area contributed by atoms with Crippen LogP contribution >= 0.6 is 11.8 Å². The number of rotatable bonds is 7. The number of hydrogen-bond acceptors (Lipinski definition) is 4. The topological polar surface area (TPSA) is 63.1 Å². The molecule has 1 N–H and O–H groups in total. The van der Waals surface area contributed by atoms with E-state index in [1.54, 1.807) is 6.92 Å². The van der Waals surface area contributed by atoms with E-state index in [9.17, 15) is 9.90 Å². The van der Waals surface area contributed by atoms with Crippen LogP contribution in [-0.2, 0) is 6.42 Å². The number of nitrogens with zero attached hydrogens (tertiary/aromatic N) is 2. The molecule has 1 aliphatic carbocycles. The second kappa shape index (κ2) is 7.13. The number of aromatic carboxylic acids is 1. The van der Waals surface area contributed by atoms with E-state index in [1.165, 1.54) is 17.3 Å². The van der Waals surface area contributed by atoms with E-state index in [2.05, 4.69) is 22.1 Å². The molecule has 1 heterocycles. The van der Waals surface area contributed by atoms with E-state index < -0.39 is 5.97 Å². The number of aromatic nitrogens is 2. The highest BCUT2D eigenvalue weighted by molar-refractivity contribution is 7.99. The average molecular weight is 328 g/mol. The van der Waals surface area contributed by atoms with Gasteiger partial charge in [0.25, 0.3) is 0 Å². The Balaban J connectivity index is 1.67. The molecule has 2 aromatic rings. The lowest BCUT2D eigenvalue weighted by Crippen LogP contribution is -2.09. The van der Waals surface area contributed by atoms with Crippen LogP contribution in [0.1, 0.15) is 52.6 Å². The lowest BCUT2D eigenvalue weighted by molar-refractivity contribution is 0.0690. The molecule has 1 saturated carbocycles. The number of thioether (sulfide) groups is 1. The zero-order chi connectivity index (χ0) is 16.2. The fourth-order valence-electron chi connectivity index (χ4n) is 2.53. The molecule has 0 aliphatic heterocycles. The van der Waals surface area contributed by atoms with Crippen molar-refractivity contribution >= 4 is 17.7 Å². The molecule has 120 valence electrons. The van der Waals surface area contributed by atoms with Crippen LogP contribution in [0.4, 0.5) is 0 Å². The van der Waals surface area contributed by atoms with Crippen molar-refractivity contribution in [3.63, 3.8) is 0 Å². The van der Waals surface area contributed by atoms with Gasteiger partial charge in [-0.2, -0.15) is 0 Å². The summed E-state index contributed by atoms with van der Waals surface area (Å²) in [5, 5.41) is 10.1. The van der Waals surface area contributed by atoms with Gasteiger partial charge in [-0.3, -0.25) is 0 Å². The van der Waals surface area contributed by atoms with Crippen LogP contribution in [0.3, 0.4) is 0 Å². The summed E-state index contributed by atoms with van der Waals surface area (Å²) < 4.78 is 0. The first-order valence-corrected chi connectivity index (χ1v) is 8.92. The Morgan fingerprint density at radius 1 is 1.26 bits per heavy atom. The summed E-state index contributed by atoms with van der Waals surface area (Å²) in [6.45, 7) is 1.77. The summed E-state index contributed by atoms with van der Waals surface area (Å²) in [6.07, 6.45) is 4.22. The molecule has 0 atom stereocenters. The Kier molecular flexibility index (Phi) is 4.96. The predicted octanol–water partition coefficient (Wildman–Crippen LogP) is 4.09. The highest BCUT2D eigenvalue weighted by atomic mass is 32.2. The van der Waals surface area contributed by atoms with E-state index in [0.29, 0.717) is 16.6 Å². The third-order valence-electron chi connectivity index (χ3n) is 3.92. The molecule has 0 bridgehead atoms. The maximum Gasteiger partial charge on any atom is 0.340 e. The zero-order valence-corrected chi connectivity index (χ0v) is 14.0. The molecule has 5 heteroatoms. The van der Waals surface area contributed by atoms with Crippen LogP contribution in [0, 0.1) is 6.92 Å². The van der Waals surface area contributed by atoms with E-state index in [4.69, 9.17) is 0 Å². The summed E-state index contributed by atoms with van der Waals surface area (Å²) >= 11 is 1.54. The van der Waals surface area contributed by atoms with Gasteiger partial charge in [0.05, 0.1) is 5.69 Å². The number of carboxylic acids is 1. The van der Waals surface area contributed by atoms with Crippen molar-refractivity contribution in [1.82, 2.24) is 9.97 Å². The molecule has 0 amide bonds. The quantitative estimate of drug-likeness (QED) is 0.471. The van der Waals surface area contributed by atoms with Crippen LogP contribution in [0.15, 0.2) is 35.4 Å². The second-order valence-electron chi connectivity index (χ2n) is 5.86. The number of aryl methyl sites for hydroxylation is 2. The van der Waals surface area contributed by atoms with Gasteiger partial charge in [0, 0.05) is 5.92 Å². The molecule has 1 fully saturated rings. The number of carboxylic acid groups (broad SMARTS) is 1. The molecule has 0 radical (unpaired) electrons. The first-order valence-electron chi connectivity index (χ1n) is 7.93. The van der Waals surface area contributed by atoms with Gasteiger partial charge < -0.3 is 5.11 Å². The van der Waals surface area contributed by atoms with Gasteiger partial charge in [0.1, 0.15) is 16.4 Å². The van der Waals surface area contributed by atoms with Crippen molar-refractivity contribution in [2.75, 3.05) is 5.75 Å². The normalized spacial score (nSPS) is 14.0. The Morgan fingerprint density at radius 2 is 2.00 bits per heavy atom. The van der Waals surface area contributed by atoms with Gasteiger partial charge in [-0.05, 0) is 43.9 Å². The van der Waals surface area contributed by atoms with Gasteiger partial charge in [-0.25, -0.2) is 14.8 Å². The summed E-state index contributed by atoms with van der Waals surface area (Å²) in [5.41, 5.74) is 2.16. The van der Waals surface area contributed by atoms with Crippen LogP contribution in [-0.4, -0.2) is 26.8 Å². The van der Waals surface area contributed by atoms with Crippen molar-refractivity contribution in [1.29, 1.82) is 0 Å². The van der Waals surface area contributed by atoms with Crippen molar-refractivity contribution in [3.05, 3.63) is 53.0 Å². The Hall–Kier alpha value is -1.88. The maximum atomic E-state index is 11.5. The molecule has 1 aromatic carbocycles. The summed E-state index contributed by atoms with van der Waals surface area (Å²) in [6, 6.07) is 10.3. The summed E-state index contributed by atoms with van der Waals surface area (Å²) in [7, 11) is 0. The van der Waals surface area contributed by atoms with Gasteiger partial charge in [0.15, 0.2) is 0 Å². The molecule has 0 saturated heterocycles. The van der Waals surface area contributed by atoms with Crippen LogP contribution in [0.2, 0.25) is 0 Å². The lowest BCUT2D eigenvalue weighted by atomic mass is 10.1. The molecule has 3 rings (SSSR count). The second-order valence-corrected chi connectivity index (χ2v) is 6.95. The van der Waals surface area contributed by atoms with Crippen molar-refractivity contribution < 1.29 is 9.90 Å². The van der Waals surface area contributed by atoms with Crippen molar-refractivity contribution in [3.8, 4) is 0 Å². The molecule has 1 aliphatic rings. The molecular weight excluding hydrogens is 308 g/mol. The third kappa shape index (κ3) is 4.10. The van der Waals surface area contributed by atoms with Gasteiger partial charge >= 0.3 is 5.97 Å². The summed E-state index contributed by atoms with van der Waals surface area (Å²) in [4.78, 5) is 20.4. The van der Waals surface area contributed by atoms with Crippen LogP contribution in [0.25, 0.3) is 0 Å². The average Bonchev–Trinajstić information content (AvgIpc) is 3.36. The molecule has 0 unspecified atom stereocenters. The fourth-order valence-corrected chi connectivity index (χ4v) is 3.55. The smallest absolute Gasteiger partial charge is 0.340 e. The molecule has 0 spiro atoms. The van der Waals surface area contributed by atoms with E-state index >= 15 is 0 Å². The Labute approximate surface area is 140 Å². The minimum Gasteiger partial charge on any atom is -0.478 e. The van der Waals surface area contributed by atoms with Gasteiger partial charge in [-0.15, -0.1) is 11.8 Å². The molecule has 4 nitrogen and oxygen atoms in total. The monoisotopic (exact) mass is 328 g/mol. The molecule has 1 aromatic heterocycles. The fraction of sp³-hybridized carbons (Fsp3) is 0.389.